The quantitative estimate of drug-likeness (QED) is 0.273. The number of phenols is 1. The number of aromatic nitrogens is 2. The van der Waals surface area contributed by atoms with Crippen LogP contribution in [-0.2, 0) is 10.1 Å². The molecule has 0 bridgehead atoms. The van der Waals surface area contributed by atoms with Gasteiger partial charge in [0.25, 0.3) is 10.1 Å². The molecule has 0 radical (unpaired) electrons. The number of imidazole rings is 1. The van der Waals surface area contributed by atoms with Crippen LogP contribution in [0.3, 0.4) is 0 Å². The summed E-state index contributed by atoms with van der Waals surface area (Å²) in [5, 5.41) is 10.9. The number of fused-ring (bicyclic) bond motifs is 3. The maximum Gasteiger partial charge on any atom is 0.295 e. The molecule has 3 N–H and O–H groups in total. The van der Waals surface area contributed by atoms with Crippen LogP contribution < -0.4 is 4.74 Å². The van der Waals surface area contributed by atoms with Gasteiger partial charge in [-0.2, -0.15) is 8.42 Å². The van der Waals surface area contributed by atoms with Gasteiger partial charge < -0.3 is 14.8 Å². The highest BCUT2D eigenvalue weighted by molar-refractivity contribution is 7.86. The summed E-state index contributed by atoms with van der Waals surface area (Å²) in [5.41, 5.74) is 4.41. The predicted octanol–water partition coefficient (Wildman–Crippen LogP) is 5.74. The monoisotopic (exact) mass is 496 g/mol. The van der Waals surface area contributed by atoms with Gasteiger partial charge in [0.15, 0.2) is 0 Å². The van der Waals surface area contributed by atoms with Gasteiger partial charge in [-0.05, 0) is 36.2 Å². The van der Waals surface area contributed by atoms with Crippen LogP contribution in [0.15, 0.2) is 71.6 Å². The van der Waals surface area contributed by atoms with Crippen molar-refractivity contribution < 1.29 is 22.8 Å². The first-order valence-corrected chi connectivity index (χ1v) is 11.6. The third-order valence-corrected chi connectivity index (χ3v) is 6.63. The van der Waals surface area contributed by atoms with Gasteiger partial charge in [-0.3, -0.25) is 4.55 Å². The Kier molecular flexibility index (Phi) is 5.99. The van der Waals surface area contributed by atoms with E-state index in [1.165, 1.54) is 24.3 Å². The molecule has 34 heavy (non-hydrogen) atoms. The first kappa shape index (κ1) is 23.6. The summed E-state index contributed by atoms with van der Waals surface area (Å²) in [6, 6.07) is 19.5. The minimum atomic E-state index is -4.54. The van der Waals surface area contributed by atoms with E-state index in [2.05, 4.69) is 9.97 Å². The van der Waals surface area contributed by atoms with Crippen molar-refractivity contribution in [3.8, 4) is 34.0 Å². The Morgan fingerprint density at radius 1 is 0.941 bits per heavy atom. The summed E-state index contributed by atoms with van der Waals surface area (Å²) in [7, 11) is -2.95. The third-order valence-electron chi connectivity index (χ3n) is 5.74. The van der Waals surface area contributed by atoms with Crippen molar-refractivity contribution in [2.24, 2.45) is 0 Å². The molecular weight excluding hydrogens is 476 g/mol. The zero-order valence-electron chi connectivity index (χ0n) is 18.2. The van der Waals surface area contributed by atoms with E-state index in [1.54, 1.807) is 7.11 Å². The van der Waals surface area contributed by atoms with Crippen LogP contribution in [0, 0.1) is 6.92 Å². The maximum absolute atomic E-state index is 12.0. The number of halogens is 1. The van der Waals surface area contributed by atoms with Gasteiger partial charge in [0.2, 0.25) is 0 Å². The number of methoxy groups -OCH3 is 1. The van der Waals surface area contributed by atoms with Crippen molar-refractivity contribution in [3.05, 3.63) is 72.3 Å². The van der Waals surface area contributed by atoms with Crippen molar-refractivity contribution in [2.45, 2.75) is 11.8 Å². The minimum Gasteiger partial charge on any atom is -0.507 e. The summed E-state index contributed by atoms with van der Waals surface area (Å²) in [6.45, 7) is 2.02. The average molecular weight is 497 g/mol. The van der Waals surface area contributed by atoms with E-state index in [-0.39, 0.29) is 33.8 Å². The van der Waals surface area contributed by atoms with Gasteiger partial charge in [-0.1, -0.05) is 48.5 Å². The third kappa shape index (κ3) is 3.75. The van der Waals surface area contributed by atoms with E-state index in [1.807, 2.05) is 49.4 Å². The van der Waals surface area contributed by atoms with Crippen molar-refractivity contribution in [3.63, 3.8) is 0 Å². The second kappa shape index (κ2) is 8.64. The Morgan fingerprint density at radius 3 is 2.32 bits per heavy atom. The zero-order chi connectivity index (χ0) is 23.3. The normalized spacial score (nSPS) is 11.5. The topological polar surface area (TPSA) is 113 Å². The molecule has 7 nitrogen and oxygen atoms in total. The highest BCUT2D eigenvalue weighted by Gasteiger charge is 2.22. The second-order valence-corrected chi connectivity index (χ2v) is 9.12. The van der Waals surface area contributed by atoms with Crippen LogP contribution in [0.2, 0.25) is 0 Å². The molecule has 0 atom stereocenters. The summed E-state index contributed by atoms with van der Waals surface area (Å²) < 4.78 is 39.6. The van der Waals surface area contributed by atoms with Crippen LogP contribution in [0.5, 0.6) is 11.5 Å². The number of ether oxygens (including phenoxy) is 1. The molecule has 0 saturated heterocycles. The fraction of sp³-hybridized carbons (Fsp3) is 0.0800. The number of rotatable bonds is 4. The average Bonchev–Trinajstić information content (AvgIpc) is 3.22. The molecule has 0 aliphatic heterocycles. The Morgan fingerprint density at radius 2 is 1.62 bits per heavy atom. The Hall–Kier alpha value is -3.59. The molecule has 4 aromatic carbocycles. The number of hydrogen-bond donors (Lipinski definition) is 3. The Balaban J connectivity index is 0.00000274. The molecule has 174 valence electrons. The summed E-state index contributed by atoms with van der Waals surface area (Å²) in [4.78, 5) is 7.51. The first-order valence-electron chi connectivity index (χ1n) is 10.1. The molecule has 0 aliphatic carbocycles. The van der Waals surface area contributed by atoms with Gasteiger partial charge in [0.05, 0.1) is 23.6 Å². The highest BCUT2D eigenvalue weighted by atomic mass is 35.5. The zero-order valence-corrected chi connectivity index (χ0v) is 19.9. The van der Waals surface area contributed by atoms with Crippen LogP contribution in [-0.4, -0.2) is 35.2 Å². The van der Waals surface area contributed by atoms with Gasteiger partial charge >= 0.3 is 0 Å². The van der Waals surface area contributed by atoms with E-state index in [9.17, 15) is 18.1 Å². The number of hydrogen-bond acceptors (Lipinski definition) is 5. The highest BCUT2D eigenvalue weighted by Crippen LogP contribution is 2.41. The van der Waals surface area contributed by atoms with Gasteiger partial charge in [-0.15, -0.1) is 12.4 Å². The fourth-order valence-corrected chi connectivity index (χ4v) is 4.97. The predicted molar refractivity (Wildman–Crippen MR) is 134 cm³/mol. The Labute approximate surface area is 202 Å². The maximum atomic E-state index is 12.0. The number of aryl methyl sites for hydroxylation is 1. The molecule has 0 amide bonds. The largest absolute Gasteiger partial charge is 0.507 e. The molecule has 9 heteroatoms. The lowest BCUT2D eigenvalue weighted by Crippen LogP contribution is -1.99. The molecular formula is C25H21ClN2O5S. The van der Waals surface area contributed by atoms with Gasteiger partial charge in [0.1, 0.15) is 27.7 Å². The summed E-state index contributed by atoms with van der Waals surface area (Å²) in [5.74, 6) is 0.908. The summed E-state index contributed by atoms with van der Waals surface area (Å²) >= 11 is 0. The number of benzene rings is 4. The lowest BCUT2D eigenvalue weighted by Gasteiger charge is -2.14. The first-order chi connectivity index (χ1) is 15.8. The molecule has 1 aromatic heterocycles. The van der Waals surface area contributed by atoms with Crippen molar-refractivity contribution in [1.82, 2.24) is 9.97 Å². The lowest BCUT2D eigenvalue weighted by molar-refractivity contribution is 0.418. The number of aromatic hydroxyl groups is 1. The molecule has 5 rings (SSSR count). The molecule has 5 aromatic rings. The number of para-hydroxylation sites is 1. The fourth-order valence-electron chi connectivity index (χ4n) is 4.26. The van der Waals surface area contributed by atoms with Crippen molar-refractivity contribution in [2.75, 3.05) is 7.11 Å². The van der Waals surface area contributed by atoms with E-state index in [4.69, 9.17) is 4.74 Å². The molecule has 0 spiro atoms. The molecule has 0 saturated carbocycles. The van der Waals surface area contributed by atoms with Crippen LogP contribution in [0.1, 0.15) is 5.56 Å². The van der Waals surface area contributed by atoms with Crippen LogP contribution in [0.4, 0.5) is 0 Å². The molecule has 0 fully saturated rings. The second-order valence-electron chi connectivity index (χ2n) is 7.73. The minimum absolute atomic E-state index is 0. The SMILES string of the molecule is COc1c(-c2nc3c(cc(S(=O)(=O)O)c4cccc(O)c43)[nH]2)cccc1-c1ccccc1C.Cl. The van der Waals surface area contributed by atoms with Crippen molar-refractivity contribution in [1.29, 1.82) is 0 Å². The number of phenolic OH excluding ortho intramolecular Hbond substituents is 1. The van der Waals surface area contributed by atoms with E-state index < -0.39 is 10.1 Å². The van der Waals surface area contributed by atoms with Crippen LogP contribution in [0.25, 0.3) is 44.3 Å². The standard InChI is InChI=1S/C25H20N2O5S.ClH/c1-14-7-3-4-8-15(14)16-9-5-11-18(24(16)32-2)25-26-19-13-21(33(29,30)31)17-10-6-12-20(28)22(17)23(19)27-25;/h3-13,28H,1-2H3,(H,26,27)(H,29,30,31);1H. The van der Waals surface area contributed by atoms with Gasteiger partial charge in [0, 0.05) is 10.9 Å². The smallest absolute Gasteiger partial charge is 0.295 e. The van der Waals surface area contributed by atoms with Crippen LogP contribution >= 0.6 is 12.4 Å². The number of nitrogens with one attached hydrogen (secondary N) is 1. The van der Waals surface area contributed by atoms with E-state index >= 15 is 0 Å². The molecule has 0 unspecified atom stereocenters. The van der Waals surface area contributed by atoms with Gasteiger partial charge in [-0.25, -0.2) is 4.98 Å². The summed E-state index contributed by atoms with van der Waals surface area (Å²) in [6.07, 6.45) is 0. The number of nitrogens with zero attached hydrogens (tertiary/aromatic N) is 1. The number of aromatic amines is 1. The number of H-pyrrole nitrogens is 1. The molecule has 0 aliphatic rings. The lowest BCUT2D eigenvalue weighted by atomic mass is 9.97. The van der Waals surface area contributed by atoms with E-state index in [0.29, 0.717) is 28.2 Å². The Bertz CT molecular complexity index is 1660. The van der Waals surface area contributed by atoms with E-state index in [0.717, 1.165) is 16.7 Å². The van der Waals surface area contributed by atoms with Crippen molar-refractivity contribution >= 4 is 44.3 Å². The molecule has 1 heterocycles.